The van der Waals surface area contributed by atoms with Crippen molar-refractivity contribution < 1.29 is 22.7 Å². The number of hydrogen-bond acceptors (Lipinski definition) is 5. The zero-order chi connectivity index (χ0) is 16.0. The minimum atomic E-state index is -3.95. The maximum Gasteiger partial charge on any atom is 0.339 e. The summed E-state index contributed by atoms with van der Waals surface area (Å²) in [7, 11) is -3.95. The number of hydrogen-bond donors (Lipinski definition) is 1. The molecule has 6 nitrogen and oxygen atoms in total. The van der Waals surface area contributed by atoms with Gasteiger partial charge in [-0.3, -0.25) is 0 Å². The second-order valence-corrected chi connectivity index (χ2v) is 6.85. The fourth-order valence-corrected chi connectivity index (χ4v) is 2.76. The van der Waals surface area contributed by atoms with Crippen LogP contribution in [0.2, 0.25) is 5.02 Å². The molecule has 0 aliphatic heterocycles. The van der Waals surface area contributed by atoms with Crippen LogP contribution in [0.25, 0.3) is 0 Å². The van der Waals surface area contributed by atoms with Gasteiger partial charge in [-0.2, -0.15) is 0 Å². The van der Waals surface area contributed by atoms with Crippen molar-refractivity contribution in [1.29, 1.82) is 0 Å². The lowest BCUT2D eigenvalue weighted by molar-refractivity contribution is 0.0318. The van der Waals surface area contributed by atoms with Crippen LogP contribution in [0.1, 0.15) is 23.7 Å². The molecule has 21 heavy (non-hydrogen) atoms. The lowest BCUT2D eigenvalue weighted by Crippen LogP contribution is -2.15. The predicted octanol–water partition coefficient (Wildman–Crippen LogP) is 2.33. The molecule has 1 aromatic rings. The molecule has 0 unspecified atom stereocenters. The van der Waals surface area contributed by atoms with Crippen LogP contribution in [-0.2, 0) is 19.5 Å². The molecule has 1 aromatic carbocycles. The number of esters is 1. The van der Waals surface area contributed by atoms with E-state index >= 15 is 0 Å². The van der Waals surface area contributed by atoms with E-state index in [0.717, 1.165) is 12.5 Å². The van der Waals surface area contributed by atoms with Gasteiger partial charge in [0.05, 0.1) is 22.1 Å². The van der Waals surface area contributed by atoms with Crippen molar-refractivity contribution in [2.75, 3.05) is 19.8 Å². The van der Waals surface area contributed by atoms with Crippen molar-refractivity contribution in [3.05, 3.63) is 27.2 Å². The van der Waals surface area contributed by atoms with Gasteiger partial charge in [0.15, 0.2) is 0 Å². The topological polar surface area (TPSA) is 95.7 Å². The SMILES string of the molecule is CCCOCCOC(=O)c1cc(S(N)(=O)=O)cc(Br)c1Cl. The number of sulfonamides is 1. The Morgan fingerprint density at radius 1 is 1.33 bits per heavy atom. The first kappa shape index (κ1) is 18.4. The van der Waals surface area contributed by atoms with Crippen molar-refractivity contribution in [1.82, 2.24) is 0 Å². The van der Waals surface area contributed by atoms with E-state index in [1.165, 1.54) is 6.07 Å². The van der Waals surface area contributed by atoms with E-state index in [1.807, 2.05) is 6.92 Å². The highest BCUT2D eigenvalue weighted by Gasteiger charge is 2.19. The van der Waals surface area contributed by atoms with E-state index in [9.17, 15) is 13.2 Å². The van der Waals surface area contributed by atoms with Crippen molar-refractivity contribution in [3.63, 3.8) is 0 Å². The van der Waals surface area contributed by atoms with Crippen LogP contribution in [0.5, 0.6) is 0 Å². The van der Waals surface area contributed by atoms with Crippen LogP contribution in [0, 0.1) is 0 Å². The molecule has 0 spiro atoms. The zero-order valence-electron chi connectivity index (χ0n) is 11.3. The molecule has 0 aromatic heterocycles. The lowest BCUT2D eigenvalue weighted by Gasteiger charge is -2.09. The van der Waals surface area contributed by atoms with E-state index in [1.54, 1.807) is 0 Å². The lowest BCUT2D eigenvalue weighted by atomic mass is 10.2. The van der Waals surface area contributed by atoms with Crippen LogP contribution in [-0.4, -0.2) is 34.2 Å². The highest BCUT2D eigenvalue weighted by molar-refractivity contribution is 9.10. The monoisotopic (exact) mass is 399 g/mol. The first-order valence-electron chi connectivity index (χ1n) is 6.04. The third-order valence-corrected chi connectivity index (χ3v) is 4.51. The largest absolute Gasteiger partial charge is 0.460 e. The van der Waals surface area contributed by atoms with E-state index in [2.05, 4.69) is 15.9 Å². The first-order chi connectivity index (χ1) is 9.77. The molecular formula is C12H15BrClNO5S. The average Bonchev–Trinajstić information content (AvgIpc) is 2.40. The third-order valence-electron chi connectivity index (χ3n) is 2.36. The molecule has 0 aliphatic carbocycles. The molecular weight excluding hydrogens is 386 g/mol. The molecule has 0 saturated carbocycles. The molecule has 118 valence electrons. The fraction of sp³-hybridized carbons (Fsp3) is 0.417. The van der Waals surface area contributed by atoms with Crippen molar-refractivity contribution in [2.45, 2.75) is 18.2 Å². The molecule has 2 N–H and O–H groups in total. The van der Waals surface area contributed by atoms with Crippen molar-refractivity contribution in [3.8, 4) is 0 Å². The number of carbonyl (C=O) groups is 1. The molecule has 0 radical (unpaired) electrons. The Morgan fingerprint density at radius 3 is 2.57 bits per heavy atom. The standard InChI is InChI=1S/C12H15BrClNO5S/c1-2-3-19-4-5-20-12(16)9-6-8(21(15,17)18)7-10(13)11(9)14/h6-7H,2-5H2,1H3,(H2,15,17,18). The Balaban J connectivity index is 2.86. The summed E-state index contributed by atoms with van der Waals surface area (Å²) in [5, 5.41) is 5.09. The minimum Gasteiger partial charge on any atom is -0.460 e. The number of ether oxygens (including phenoxy) is 2. The number of rotatable bonds is 7. The Kier molecular flexibility index (Phi) is 7.08. The smallest absolute Gasteiger partial charge is 0.339 e. The van der Waals surface area contributed by atoms with Gasteiger partial charge in [-0.25, -0.2) is 18.4 Å². The average molecular weight is 401 g/mol. The maximum absolute atomic E-state index is 11.9. The number of benzene rings is 1. The fourth-order valence-electron chi connectivity index (χ4n) is 1.39. The van der Waals surface area contributed by atoms with Crippen LogP contribution in [0.15, 0.2) is 21.5 Å². The molecule has 0 aliphatic rings. The highest BCUT2D eigenvalue weighted by Crippen LogP contribution is 2.30. The number of halogens is 2. The van der Waals surface area contributed by atoms with Gasteiger partial charge in [0, 0.05) is 11.1 Å². The second-order valence-electron chi connectivity index (χ2n) is 4.06. The Hall–Kier alpha value is -0.670. The van der Waals surface area contributed by atoms with E-state index in [-0.39, 0.29) is 33.2 Å². The van der Waals surface area contributed by atoms with Gasteiger partial charge in [-0.1, -0.05) is 18.5 Å². The molecule has 9 heteroatoms. The van der Waals surface area contributed by atoms with E-state index in [4.69, 9.17) is 26.2 Å². The Bertz CT molecular complexity index is 620. The summed E-state index contributed by atoms with van der Waals surface area (Å²) in [5.41, 5.74) is -0.0782. The highest BCUT2D eigenvalue weighted by atomic mass is 79.9. The minimum absolute atomic E-state index is 0.0480. The van der Waals surface area contributed by atoms with Crippen LogP contribution in [0.3, 0.4) is 0 Å². The van der Waals surface area contributed by atoms with Crippen molar-refractivity contribution >= 4 is 43.5 Å². The Morgan fingerprint density at radius 2 is 2.00 bits per heavy atom. The van der Waals surface area contributed by atoms with Crippen LogP contribution >= 0.6 is 27.5 Å². The van der Waals surface area contributed by atoms with Crippen LogP contribution < -0.4 is 5.14 Å². The summed E-state index contributed by atoms with van der Waals surface area (Å²) in [6, 6.07) is 2.30. The van der Waals surface area contributed by atoms with Gasteiger partial charge < -0.3 is 9.47 Å². The number of nitrogens with two attached hydrogens (primary N) is 1. The van der Waals surface area contributed by atoms with Gasteiger partial charge >= 0.3 is 5.97 Å². The molecule has 0 atom stereocenters. The molecule has 0 bridgehead atoms. The van der Waals surface area contributed by atoms with Crippen molar-refractivity contribution in [2.24, 2.45) is 5.14 Å². The predicted molar refractivity (Wildman–Crippen MR) is 81.9 cm³/mol. The Labute approximate surface area is 136 Å². The van der Waals surface area contributed by atoms with Gasteiger partial charge in [-0.05, 0) is 34.5 Å². The maximum atomic E-state index is 11.9. The number of carbonyl (C=O) groups excluding carboxylic acids is 1. The summed E-state index contributed by atoms with van der Waals surface area (Å²) in [6.07, 6.45) is 0.864. The van der Waals surface area contributed by atoms with Gasteiger partial charge in [0.25, 0.3) is 0 Å². The van der Waals surface area contributed by atoms with Gasteiger partial charge in [-0.15, -0.1) is 0 Å². The summed E-state index contributed by atoms with van der Waals surface area (Å²) in [4.78, 5) is 11.7. The normalized spacial score (nSPS) is 11.4. The molecule has 1 rings (SSSR count). The van der Waals surface area contributed by atoms with Gasteiger partial charge in [0.2, 0.25) is 10.0 Å². The summed E-state index contributed by atoms with van der Waals surface area (Å²) in [5.74, 6) is -0.744. The summed E-state index contributed by atoms with van der Waals surface area (Å²) < 4.78 is 33.1. The van der Waals surface area contributed by atoms with Gasteiger partial charge in [0.1, 0.15) is 6.61 Å². The first-order valence-corrected chi connectivity index (χ1v) is 8.75. The molecule has 0 amide bonds. The summed E-state index contributed by atoms with van der Waals surface area (Å²) in [6.45, 7) is 2.84. The molecule has 0 saturated heterocycles. The quantitative estimate of drug-likeness (QED) is 0.560. The molecule has 0 fully saturated rings. The third kappa shape index (κ3) is 5.55. The van der Waals surface area contributed by atoms with Crippen LogP contribution in [0.4, 0.5) is 0 Å². The molecule has 0 heterocycles. The zero-order valence-corrected chi connectivity index (χ0v) is 14.4. The summed E-state index contributed by atoms with van der Waals surface area (Å²) >= 11 is 9.03. The van der Waals surface area contributed by atoms with E-state index < -0.39 is 16.0 Å². The number of primary sulfonamides is 1. The second kappa shape index (κ2) is 8.09. The van der Waals surface area contributed by atoms with E-state index in [0.29, 0.717) is 6.61 Å².